The molecule has 1 amide bonds. The van der Waals surface area contributed by atoms with Crippen LogP contribution in [-0.2, 0) is 4.79 Å². The smallest absolute Gasteiger partial charge is 0.226 e. The predicted molar refractivity (Wildman–Crippen MR) is 72.5 cm³/mol. The third kappa shape index (κ3) is 3.59. The van der Waals surface area contributed by atoms with Gasteiger partial charge in [-0.25, -0.2) is 0 Å². The van der Waals surface area contributed by atoms with Crippen molar-refractivity contribution in [3.63, 3.8) is 0 Å². The number of nitrogens with one attached hydrogen (secondary N) is 1. The molecule has 0 bridgehead atoms. The average molecular weight is 261 g/mol. The van der Waals surface area contributed by atoms with Crippen LogP contribution in [0.3, 0.4) is 0 Å². The molecule has 0 spiro atoms. The molecule has 2 fully saturated rings. The van der Waals surface area contributed by atoms with Gasteiger partial charge in [0, 0.05) is 24.5 Å². The average Bonchev–Trinajstić information content (AvgIpc) is 2.29. The lowest BCUT2D eigenvalue weighted by atomic mass is 9.90. The van der Waals surface area contributed by atoms with Gasteiger partial charge in [-0.1, -0.05) is 0 Å². The highest BCUT2D eigenvalue weighted by Crippen LogP contribution is 2.24. The summed E-state index contributed by atoms with van der Waals surface area (Å²) in [5, 5.41) is 3.41. The first-order valence-electron chi connectivity index (χ1n) is 6.72. The maximum atomic E-state index is 12.4. The zero-order valence-electron chi connectivity index (χ0n) is 10.9. The van der Waals surface area contributed by atoms with Gasteiger partial charge >= 0.3 is 0 Å². The first-order valence-corrected chi connectivity index (χ1v) is 6.72. The summed E-state index contributed by atoms with van der Waals surface area (Å²) in [5.41, 5.74) is 0. The number of halogens is 1. The fraction of sp³-hybridized carbons (Fsp3) is 0.923. The second-order valence-corrected chi connectivity index (χ2v) is 5.45. The van der Waals surface area contributed by atoms with Crippen molar-refractivity contribution in [1.29, 1.82) is 0 Å². The van der Waals surface area contributed by atoms with Gasteiger partial charge in [0.25, 0.3) is 0 Å². The Labute approximate surface area is 111 Å². The van der Waals surface area contributed by atoms with E-state index in [0.29, 0.717) is 18.0 Å². The van der Waals surface area contributed by atoms with Crippen molar-refractivity contribution in [3.8, 4) is 0 Å². The van der Waals surface area contributed by atoms with E-state index in [1.165, 1.54) is 19.3 Å². The molecule has 1 N–H and O–H groups in total. The molecule has 2 aliphatic heterocycles. The quantitative estimate of drug-likeness (QED) is 0.784. The summed E-state index contributed by atoms with van der Waals surface area (Å²) in [6.07, 6.45) is 5.70. The van der Waals surface area contributed by atoms with Gasteiger partial charge in [0.05, 0.1) is 0 Å². The van der Waals surface area contributed by atoms with Gasteiger partial charge in [0.2, 0.25) is 5.91 Å². The van der Waals surface area contributed by atoms with Gasteiger partial charge < -0.3 is 10.2 Å². The van der Waals surface area contributed by atoms with E-state index in [4.69, 9.17) is 0 Å². The Hall–Kier alpha value is -0.280. The first kappa shape index (κ1) is 14.8. The largest absolute Gasteiger partial charge is 0.340 e. The summed E-state index contributed by atoms with van der Waals surface area (Å²) in [6.45, 7) is 6.36. The molecule has 17 heavy (non-hydrogen) atoms. The molecule has 2 saturated heterocycles. The van der Waals surface area contributed by atoms with E-state index in [9.17, 15) is 4.79 Å². The molecular formula is C13H25ClN2O. The molecule has 0 aromatic carbocycles. The van der Waals surface area contributed by atoms with Crippen LogP contribution < -0.4 is 5.32 Å². The van der Waals surface area contributed by atoms with E-state index in [1.54, 1.807) is 0 Å². The molecule has 1 unspecified atom stereocenters. The Morgan fingerprint density at radius 3 is 2.65 bits per heavy atom. The summed E-state index contributed by atoms with van der Waals surface area (Å²) in [7, 11) is 0. The van der Waals surface area contributed by atoms with Gasteiger partial charge in [-0.2, -0.15) is 0 Å². The van der Waals surface area contributed by atoms with Crippen molar-refractivity contribution in [1.82, 2.24) is 10.2 Å². The minimum Gasteiger partial charge on any atom is -0.340 e. The predicted octanol–water partition coefficient (Wildman–Crippen LogP) is 2.20. The van der Waals surface area contributed by atoms with Gasteiger partial charge in [-0.15, -0.1) is 12.4 Å². The van der Waals surface area contributed by atoms with Gasteiger partial charge in [-0.3, -0.25) is 4.79 Å². The molecule has 3 atom stereocenters. The lowest BCUT2D eigenvalue weighted by Crippen LogP contribution is -2.48. The van der Waals surface area contributed by atoms with Crippen LogP contribution in [0.4, 0.5) is 0 Å². The van der Waals surface area contributed by atoms with E-state index in [-0.39, 0.29) is 18.3 Å². The van der Waals surface area contributed by atoms with Crippen molar-refractivity contribution in [3.05, 3.63) is 0 Å². The number of carbonyl (C=O) groups is 1. The molecule has 4 heteroatoms. The fourth-order valence-electron chi connectivity index (χ4n) is 3.02. The summed E-state index contributed by atoms with van der Waals surface area (Å²) < 4.78 is 0. The number of hydrogen-bond donors (Lipinski definition) is 1. The van der Waals surface area contributed by atoms with Crippen LogP contribution in [-0.4, -0.2) is 36.0 Å². The molecule has 0 aromatic rings. The van der Waals surface area contributed by atoms with Crippen LogP contribution in [0.5, 0.6) is 0 Å². The second kappa shape index (κ2) is 6.60. The molecule has 0 aromatic heterocycles. The third-order valence-electron chi connectivity index (χ3n) is 4.06. The van der Waals surface area contributed by atoms with Crippen LogP contribution in [0, 0.1) is 5.92 Å². The van der Waals surface area contributed by atoms with E-state index in [1.807, 2.05) is 0 Å². The monoisotopic (exact) mass is 260 g/mol. The van der Waals surface area contributed by atoms with Crippen LogP contribution in [0.25, 0.3) is 0 Å². The van der Waals surface area contributed by atoms with Crippen molar-refractivity contribution >= 4 is 18.3 Å². The van der Waals surface area contributed by atoms with Crippen molar-refractivity contribution in [2.24, 2.45) is 5.92 Å². The van der Waals surface area contributed by atoms with E-state index < -0.39 is 0 Å². The van der Waals surface area contributed by atoms with Gasteiger partial charge in [0.1, 0.15) is 0 Å². The molecule has 3 nitrogen and oxygen atoms in total. The van der Waals surface area contributed by atoms with Crippen molar-refractivity contribution < 1.29 is 4.79 Å². The Bertz CT molecular complexity index is 260. The molecular weight excluding hydrogens is 236 g/mol. The topological polar surface area (TPSA) is 32.3 Å². The standard InChI is InChI=1S/C13H24N2O.ClH/c1-10-9-12(6-7-14-10)13(16)15-8-4-3-5-11(15)2;/h10-12,14H,3-9H2,1-2H3;1H/t10-,11?,12-;/m0./s1. The van der Waals surface area contributed by atoms with E-state index in [0.717, 1.165) is 25.9 Å². The van der Waals surface area contributed by atoms with Gasteiger partial charge in [0.15, 0.2) is 0 Å². The zero-order valence-corrected chi connectivity index (χ0v) is 11.8. The van der Waals surface area contributed by atoms with Gasteiger partial charge in [-0.05, 0) is 52.5 Å². The molecule has 2 aliphatic rings. The maximum absolute atomic E-state index is 12.4. The molecule has 2 heterocycles. The first-order chi connectivity index (χ1) is 7.68. The minimum absolute atomic E-state index is 0. The molecule has 0 radical (unpaired) electrons. The number of likely N-dealkylation sites (tertiary alicyclic amines) is 1. The summed E-state index contributed by atoms with van der Waals surface area (Å²) >= 11 is 0. The van der Waals surface area contributed by atoms with E-state index >= 15 is 0 Å². The number of hydrogen-bond acceptors (Lipinski definition) is 2. The highest BCUT2D eigenvalue weighted by Gasteiger charge is 2.31. The molecule has 100 valence electrons. The summed E-state index contributed by atoms with van der Waals surface area (Å²) in [6, 6.07) is 0.967. The Morgan fingerprint density at radius 2 is 2.00 bits per heavy atom. The third-order valence-corrected chi connectivity index (χ3v) is 4.06. The lowest BCUT2D eigenvalue weighted by molar-refractivity contribution is -0.140. The number of amides is 1. The Kier molecular flexibility index (Phi) is 5.74. The van der Waals surface area contributed by atoms with Crippen LogP contribution in [0.1, 0.15) is 46.0 Å². The molecule has 0 saturated carbocycles. The van der Waals surface area contributed by atoms with Crippen LogP contribution in [0.2, 0.25) is 0 Å². The van der Waals surface area contributed by atoms with Crippen LogP contribution >= 0.6 is 12.4 Å². The number of rotatable bonds is 1. The van der Waals surface area contributed by atoms with Crippen molar-refractivity contribution in [2.45, 2.75) is 58.0 Å². The second-order valence-electron chi connectivity index (χ2n) is 5.45. The SMILES string of the molecule is CC1CCCCN1C(=O)[C@H]1CCN[C@@H](C)C1.Cl. The highest BCUT2D eigenvalue weighted by atomic mass is 35.5. The zero-order chi connectivity index (χ0) is 11.5. The van der Waals surface area contributed by atoms with E-state index in [2.05, 4.69) is 24.1 Å². The normalized spacial score (nSPS) is 34.0. The number of nitrogens with zero attached hydrogens (tertiary/aromatic N) is 1. The van der Waals surface area contributed by atoms with Crippen LogP contribution in [0.15, 0.2) is 0 Å². The maximum Gasteiger partial charge on any atom is 0.226 e. The lowest BCUT2D eigenvalue weighted by Gasteiger charge is -2.38. The Balaban J connectivity index is 0.00000144. The summed E-state index contributed by atoms with van der Waals surface area (Å²) in [5.74, 6) is 0.692. The molecule has 0 aliphatic carbocycles. The van der Waals surface area contributed by atoms with Crippen molar-refractivity contribution in [2.75, 3.05) is 13.1 Å². The highest BCUT2D eigenvalue weighted by molar-refractivity contribution is 5.85. The number of carbonyl (C=O) groups excluding carboxylic acids is 1. The minimum atomic E-state index is 0. The molecule has 2 rings (SSSR count). The summed E-state index contributed by atoms with van der Waals surface area (Å²) in [4.78, 5) is 14.5. The number of piperidine rings is 2. The Morgan fingerprint density at radius 1 is 1.24 bits per heavy atom. The fourth-order valence-corrected chi connectivity index (χ4v) is 3.02.